The fraction of sp³-hybridized carbons (Fsp3) is 0.158. The average molecular weight is 361 g/mol. The van der Waals surface area contributed by atoms with Crippen LogP contribution in [0.15, 0.2) is 41.3 Å². The molecule has 0 spiro atoms. The third-order valence-electron chi connectivity index (χ3n) is 5.09. The number of fused-ring (bicyclic) bond motifs is 2. The lowest BCUT2D eigenvalue weighted by Gasteiger charge is -2.12. The molecule has 2 aliphatic rings. The molecular weight excluding hydrogens is 346 g/mol. The Morgan fingerprint density at radius 1 is 1.07 bits per heavy atom. The number of anilines is 1. The van der Waals surface area contributed by atoms with Crippen molar-refractivity contribution in [1.82, 2.24) is 19.4 Å². The SMILES string of the molecule is Nc1c2c(cc(=O)n1-c1ccc(-c3cnc4n3CCC4)cc1)C(=O)NC2=O. The molecule has 0 unspecified atom stereocenters. The monoisotopic (exact) mass is 361 g/mol. The molecule has 5 rings (SSSR count). The number of nitrogens with zero attached hydrogens (tertiary/aromatic N) is 3. The largest absolute Gasteiger partial charge is 0.384 e. The van der Waals surface area contributed by atoms with Crippen LogP contribution in [-0.2, 0) is 13.0 Å². The van der Waals surface area contributed by atoms with Crippen LogP contribution in [0.3, 0.4) is 0 Å². The summed E-state index contributed by atoms with van der Waals surface area (Å²) < 4.78 is 3.43. The highest BCUT2D eigenvalue weighted by atomic mass is 16.2. The number of imide groups is 1. The van der Waals surface area contributed by atoms with Crippen LogP contribution in [-0.4, -0.2) is 25.9 Å². The van der Waals surface area contributed by atoms with Gasteiger partial charge in [-0.2, -0.15) is 0 Å². The molecule has 27 heavy (non-hydrogen) atoms. The second kappa shape index (κ2) is 5.41. The summed E-state index contributed by atoms with van der Waals surface area (Å²) in [6, 6.07) is 8.46. The number of nitrogen functional groups attached to an aromatic ring is 1. The minimum absolute atomic E-state index is 0.0187. The number of amides is 2. The van der Waals surface area contributed by atoms with Gasteiger partial charge >= 0.3 is 0 Å². The number of pyridine rings is 1. The number of nitrogens with one attached hydrogen (secondary N) is 1. The standard InChI is InChI=1S/C19H15N5O3/c20-17-16-12(18(26)22-19(16)27)8-15(25)24(17)11-5-3-10(4-6-11)13-9-21-14-2-1-7-23(13)14/h3-6,8-9H,1-2,7,20H2,(H,22,26,27). The van der Waals surface area contributed by atoms with Crippen molar-refractivity contribution in [3.63, 3.8) is 0 Å². The fourth-order valence-electron chi connectivity index (χ4n) is 3.82. The van der Waals surface area contributed by atoms with E-state index in [0.717, 1.165) is 42.5 Å². The number of nitrogens with two attached hydrogens (primary N) is 1. The predicted octanol–water partition coefficient (Wildman–Crippen LogP) is 1.11. The third-order valence-corrected chi connectivity index (χ3v) is 5.09. The first-order valence-electron chi connectivity index (χ1n) is 8.61. The van der Waals surface area contributed by atoms with Gasteiger partial charge in [-0.1, -0.05) is 12.1 Å². The minimum atomic E-state index is -0.601. The van der Waals surface area contributed by atoms with Gasteiger partial charge in [-0.15, -0.1) is 0 Å². The average Bonchev–Trinajstić information content (AvgIpc) is 3.31. The molecule has 0 bridgehead atoms. The molecular formula is C19H15N5O3. The molecule has 0 aliphatic carbocycles. The summed E-state index contributed by atoms with van der Waals surface area (Å²) in [7, 11) is 0. The van der Waals surface area contributed by atoms with Crippen LogP contribution in [0.2, 0.25) is 0 Å². The number of benzene rings is 1. The highest BCUT2D eigenvalue weighted by Crippen LogP contribution is 2.27. The third kappa shape index (κ3) is 2.16. The molecule has 0 saturated carbocycles. The first-order valence-corrected chi connectivity index (χ1v) is 8.61. The molecule has 8 heteroatoms. The molecule has 0 saturated heterocycles. The normalized spacial score (nSPS) is 15.0. The maximum Gasteiger partial charge on any atom is 0.262 e. The Balaban J connectivity index is 1.60. The Bertz CT molecular complexity index is 1190. The van der Waals surface area contributed by atoms with Crippen molar-refractivity contribution in [3.8, 4) is 16.9 Å². The number of rotatable bonds is 2. The molecule has 3 aromatic rings. The van der Waals surface area contributed by atoms with Gasteiger partial charge in [0.15, 0.2) is 0 Å². The van der Waals surface area contributed by atoms with Gasteiger partial charge in [0, 0.05) is 19.0 Å². The smallest absolute Gasteiger partial charge is 0.262 e. The second-order valence-electron chi connectivity index (χ2n) is 6.64. The molecule has 0 radical (unpaired) electrons. The number of hydrogen-bond acceptors (Lipinski definition) is 5. The Labute approximate surface area is 153 Å². The van der Waals surface area contributed by atoms with Gasteiger partial charge in [-0.3, -0.25) is 24.3 Å². The summed E-state index contributed by atoms with van der Waals surface area (Å²) in [5.41, 5.74) is 8.20. The van der Waals surface area contributed by atoms with Crippen LogP contribution >= 0.6 is 0 Å². The summed E-state index contributed by atoms with van der Waals surface area (Å²) in [4.78, 5) is 40.7. The van der Waals surface area contributed by atoms with Crippen molar-refractivity contribution in [2.75, 3.05) is 5.73 Å². The van der Waals surface area contributed by atoms with Gasteiger partial charge in [-0.25, -0.2) is 4.98 Å². The Morgan fingerprint density at radius 2 is 1.85 bits per heavy atom. The molecule has 0 atom stereocenters. The van der Waals surface area contributed by atoms with Crippen LogP contribution in [0.1, 0.15) is 33.0 Å². The van der Waals surface area contributed by atoms with E-state index in [1.165, 1.54) is 4.57 Å². The van der Waals surface area contributed by atoms with E-state index in [-0.39, 0.29) is 16.9 Å². The Hall–Kier alpha value is -3.68. The maximum absolute atomic E-state index is 12.5. The van der Waals surface area contributed by atoms with Crippen LogP contribution in [0.25, 0.3) is 16.9 Å². The van der Waals surface area contributed by atoms with E-state index in [1.807, 2.05) is 18.3 Å². The van der Waals surface area contributed by atoms with E-state index in [9.17, 15) is 14.4 Å². The van der Waals surface area contributed by atoms with Gasteiger partial charge in [0.1, 0.15) is 11.6 Å². The first kappa shape index (κ1) is 15.6. The zero-order chi connectivity index (χ0) is 18.7. The number of hydrogen-bond donors (Lipinski definition) is 2. The van der Waals surface area contributed by atoms with Crippen LogP contribution in [0.4, 0.5) is 5.82 Å². The molecule has 1 aromatic carbocycles. The second-order valence-corrected chi connectivity index (χ2v) is 6.64. The van der Waals surface area contributed by atoms with E-state index in [0.29, 0.717) is 5.69 Å². The van der Waals surface area contributed by atoms with Crippen molar-refractivity contribution in [2.45, 2.75) is 19.4 Å². The van der Waals surface area contributed by atoms with Gasteiger partial charge in [0.25, 0.3) is 17.4 Å². The molecule has 2 amide bonds. The van der Waals surface area contributed by atoms with Crippen molar-refractivity contribution in [1.29, 1.82) is 0 Å². The zero-order valence-electron chi connectivity index (χ0n) is 14.2. The van der Waals surface area contributed by atoms with Crippen LogP contribution in [0.5, 0.6) is 0 Å². The van der Waals surface area contributed by atoms with Gasteiger partial charge < -0.3 is 10.3 Å². The summed E-state index contributed by atoms with van der Waals surface area (Å²) >= 11 is 0. The van der Waals surface area contributed by atoms with E-state index in [1.54, 1.807) is 12.1 Å². The number of aryl methyl sites for hydroxylation is 1. The van der Waals surface area contributed by atoms with Gasteiger partial charge in [0.05, 0.1) is 28.7 Å². The summed E-state index contributed by atoms with van der Waals surface area (Å²) in [5.74, 6) is -0.147. The number of imidazole rings is 1. The lowest BCUT2D eigenvalue weighted by molar-refractivity contribution is 0.0880. The molecule has 0 fully saturated rings. The summed E-state index contributed by atoms with van der Waals surface area (Å²) in [6.45, 7) is 0.951. The fourth-order valence-corrected chi connectivity index (χ4v) is 3.82. The van der Waals surface area contributed by atoms with Crippen molar-refractivity contribution in [3.05, 3.63) is 63.8 Å². The van der Waals surface area contributed by atoms with Crippen molar-refractivity contribution >= 4 is 17.6 Å². The Kier molecular flexibility index (Phi) is 3.12. The maximum atomic E-state index is 12.5. The van der Waals surface area contributed by atoms with E-state index < -0.39 is 17.4 Å². The predicted molar refractivity (Wildman–Crippen MR) is 97.8 cm³/mol. The van der Waals surface area contributed by atoms with Gasteiger partial charge in [0.2, 0.25) is 0 Å². The highest BCUT2D eigenvalue weighted by Gasteiger charge is 2.31. The van der Waals surface area contributed by atoms with Crippen molar-refractivity contribution < 1.29 is 9.59 Å². The van der Waals surface area contributed by atoms with Crippen molar-refractivity contribution in [2.24, 2.45) is 0 Å². The number of carbonyl (C=O) groups is 2. The topological polar surface area (TPSA) is 112 Å². The number of aromatic nitrogens is 3. The lowest BCUT2D eigenvalue weighted by atomic mass is 10.1. The van der Waals surface area contributed by atoms with E-state index in [2.05, 4.69) is 14.9 Å². The van der Waals surface area contributed by atoms with Gasteiger partial charge in [-0.05, 0) is 24.1 Å². The molecule has 8 nitrogen and oxygen atoms in total. The minimum Gasteiger partial charge on any atom is -0.384 e. The van der Waals surface area contributed by atoms with E-state index in [4.69, 9.17) is 5.73 Å². The first-order chi connectivity index (χ1) is 13.0. The van der Waals surface area contributed by atoms with E-state index >= 15 is 0 Å². The summed E-state index contributed by atoms with van der Waals surface area (Å²) in [5, 5.41) is 2.16. The van der Waals surface area contributed by atoms with Crippen LogP contribution < -0.4 is 16.6 Å². The molecule has 3 N–H and O–H groups in total. The summed E-state index contributed by atoms with van der Waals surface area (Å²) in [6.07, 6.45) is 3.94. The Morgan fingerprint density at radius 3 is 2.63 bits per heavy atom. The number of carbonyl (C=O) groups excluding carboxylic acids is 2. The molecule has 134 valence electrons. The zero-order valence-corrected chi connectivity index (χ0v) is 14.2. The lowest BCUT2D eigenvalue weighted by Crippen LogP contribution is -2.24. The molecule has 4 heterocycles. The molecule has 2 aliphatic heterocycles. The quantitative estimate of drug-likeness (QED) is 0.664. The highest BCUT2D eigenvalue weighted by molar-refractivity contribution is 6.23. The molecule has 2 aromatic heterocycles. The van der Waals surface area contributed by atoms with Crippen LogP contribution in [0, 0.1) is 0 Å².